The van der Waals surface area contributed by atoms with E-state index in [2.05, 4.69) is 18.4 Å². The molecular weight excluding hydrogens is 380 g/mol. The standard InChI is InChI=1S/C21H30O8/c1-7-13-15-21(18(24)28-11-5,19(25)29-12-6)20(14-8-2,16(22)26-9-3)17(23)27-10-4/h8H,2,9-12,14-15H2,1,3-6H3. The first-order chi connectivity index (χ1) is 13.8. The third-order valence-electron chi connectivity index (χ3n) is 4.20. The molecule has 0 unspecified atom stereocenters. The van der Waals surface area contributed by atoms with Crippen LogP contribution in [0.4, 0.5) is 0 Å². The van der Waals surface area contributed by atoms with E-state index in [0.717, 1.165) is 0 Å². The highest BCUT2D eigenvalue weighted by Gasteiger charge is 2.72. The lowest BCUT2D eigenvalue weighted by molar-refractivity contribution is -0.203. The number of ether oxygens (including phenoxy) is 4. The quantitative estimate of drug-likeness (QED) is 0.159. The molecule has 162 valence electrons. The van der Waals surface area contributed by atoms with Crippen LogP contribution in [-0.4, -0.2) is 50.3 Å². The van der Waals surface area contributed by atoms with Crippen molar-refractivity contribution >= 4 is 23.9 Å². The highest BCUT2D eigenvalue weighted by molar-refractivity contribution is 6.15. The Morgan fingerprint density at radius 2 is 1.10 bits per heavy atom. The summed E-state index contributed by atoms with van der Waals surface area (Å²) >= 11 is 0. The molecule has 0 heterocycles. The third kappa shape index (κ3) is 5.17. The van der Waals surface area contributed by atoms with E-state index < -0.39 is 47.5 Å². The fourth-order valence-electron chi connectivity index (χ4n) is 2.95. The van der Waals surface area contributed by atoms with Crippen LogP contribution in [0.5, 0.6) is 0 Å². The molecule has 0 spiro atoms. The average molecular weight is 410 g/mol. The Morgan fingerprint density at radius 1 is 0.759 bits per heavy atom. The lowest BCUT2D eigenvalue weighted by atomic mass is 9.59. The largest absolute Gasteiger partial charge is 0.465 e. The van der Waals surface area contributed by atoms with Gasteiger partial charge in [-0.2, -0.15) is 0 Å². The van der Waals surface area contributed by atoms with Crippen molar-refractivity contribution in [2.75, 3.05) is 26.4 Å². The van der Waals surface area contributed by atoms with Gasteiger partial charge in [0.1, 0.15) is 0 Å². The molecule has 0 radical (unpaired) electrons. The van der Waals surface area contributed by atoms with Gasteiger partial charge in [-0.05, 0) is 41.0 Å². The number of rotatable bonds is 12. The Bertz CT molecular complexity index is 632. The van der Waals surface area contributed by atoms with Crippen molar-refractivity contribution < 1.29 is 38.1 Å². The Morgan fingerprint density at radius 3 is 1.38 bits per heavy atom. The summed E-state index contributed by atoms with van der Waals surface area (Å²) < 4.78 is 20.5. The SMILES string of the molecule is C=CCC(C(=O)OCC)(C(=O)OCC)C(CC#CC)(C(=O)OCC)C(=O)OCC. The summed E-state index contributed by atoms with van der Waals surface area (Å²) in [6.07, 6.45) is 0.306. The molecule has 0 aromatic heterocycles. The zero-order valence-electron chi connectivity index (χ0n) is 17.8. The molecule has 0 rings (SSSR count). The summed E-state index contributed by atoms with van der Waals surface area (Å²) in [4.78, 5) is 52.7. The molecule has 0 saturated carbocycles. The Kier molecular flexibility index (Phi) is 11.4. The number of hydrogen-bond donors (Lipinski definition) is 0. The van der Waals surface area contributed by atoms with Crippen LogP contribution in [0.1, 0.15) is 47.5 Å². The van der Waals surface area contributed by atoms with Gasteiger partial charge in [0.05, 0.1) is 26.4 Å². The van der Waals surface area contributed by atoms with Crippen molar-refractivity contribution in [3.63, 3.8) is 0 Å². The Balaban J connectivity index is 7.32. The van der Waals surface area contributed by atoms with Crippen molar-refractivity contribution in [3.8, 4) is 11.8 Å². The van der Waals surface area contributed by atoms with Gasteiger partial charge in [-0.15, -0.1) is 18.4 Å². The minimum Gasteiger partial charge on any atom is -0.465 e. The second-order valence-corrected chi connectivity index (χ2v) is 5.79. The van der Waals surface area contributed by atoms with Crippen LogP contribution in [0.2, 0.25) is 0 Å². The summed E-state index contributed by atoms with van der Waals surface area (Å²) in [6, 6.07) is 0. The van der Waals surface area contributed by atoms with Crippen LogP contribution in [-0.2, 0) is 38.1 Å². The summed E-state index contributed by atoms with van der Waals surface area (Å²) in [5.41, 5.74) is -4.85. The Hall–Kier alpha value is -2.82. The lowest BCUT2D eigenvalue weighted by Gasteiger charge is -2.41. The average Bonchev–Trinajstić information content (AvgIpc) is 2.68. The van der Waals surface area contributed by atoms with Gasteiger partial charge < -0.3 is 18.9 Å². The van der Waals surface area contributed by atoms with Gasteiger partial charge >= 0.3 is 23.9 Å². The number of allylic oxidation sites excluding steroid dienone is 1. The molecule has 0 atom stereocenters. The van der Waals surface area contributed by atoms with E-state index in [1.807, 2.05) is 0 Å². The first-order valence-electron chi connectivity index (χ1n) is 9.49. The van der Waals surface area contributed by atoms with Crippen molar-refractivity contribution in [1.82, 2.24) is 0 Å². The molecule has 8 heteroatoms. The maximum atomic E-state index is 13.2. The van der Waals surface area contributed by atoms with E-state index in [1.165, 1.54) is 40.7 Å². The molecule has 0 aromatic carbocycles. The molecular formula is C21H30O8. The van der Waals surface area contributed by atoms with E-state index in [-0.39, 0.29) is 26.4 Å². The predicted octanol–water partition coefficient (Wildman–Crippen LogP) is 2.20. The van der Waals surface area contributed by atoms with Gasteiger partial charge in [0.25, 0.3) is 0 Å². The van der Waals surface area contributed by atoms with Crippen molar-refractivity contribution in [2.45, 2.75) is 47.5 Å². The van der Waals surface area contributed by atoms with Crippen LogP contribution in [0, 0.1) is 22.7 Å². The van der Waals surface area contributed by atoms with E-state index in [0.29, 0.717) is 0 Å². The van der Waals surface area contributed by atoms with Gasteiger partial charge in [-0.25, -0.2) is 0 Å². The van der Waals surface area contributed by atoms with Gasteiger partial charge in [0.15, 0.2) is 5.41 Å². The summed E-state index contributed by atoms with van der Waals surface area (Å²) in [5, 5.41) is 0. The molecule has 0 aliphatic heterocycles. The third-order valence-corrected chi connectivity index (χ3v) is 4.20. The topological polar surface area (TPSA) is 105 Å². The first kappa shape index (κ1) is 26.2. The number of hydrogen-bond acceptors (Lipinski definition) is 8. The molecule has 0 saturated heterocycles. The lowest BCUT2D eigenvalue weighted by Crippen LogP contribution is -2.62. The van der Waals surface area contributed by atoms with Gasteiger partial charge in [-0.1, -0.05) is 6.08 Å². The van der Waals surface area contributed by atoms with Gasteiger partial charge in [-0.3, -0.25) is 19.2 Å². The van der Waals surface area contributed by atoms with Crippen molar-refractivity contribution in [2.24, 2.45) is 10.8 Å². The van der Waals surface area contributed by atoms with E-state index >= 15 is 0 Å². The van der Waals surface area contributed by atoms with E-state index in [4.69, 9.17) is 18.9 Å². The second kappa shape index (κ2) is 12.6. The van der Waals surface area contributed by atoms with E-state index in [9.17, 15) is 19.2 Å². The smallest absolute Gasteiger partial charge is 0.326 e. The number of carbonyl (C=O) groups is 4. The second-order valence-electron chi connectivity index (χ2n) is 5.79. The summed E-state index contributed by atoms with van der Waals surface area (Å²) in [5.74, 6) is 0.732. The minimum atomic E-state index is -2.44. The van der Waals surface area contributed by atoms with Crippen LogP contribution >= 0.6 is 0 Å². The molecule has 0 amide bonds. The Labute approximate surface area is 171 Å². The molecule has 0 aliphatic carbocycles. The normalized spacial score (nSPS) is 10.8. The number of esters is 4. The molecule has 0 N–H and O–H groups in total. The number of carbonyl (C=O) groups excluding carboxylic acids is 4. The predicted molar refractivity (Wildman–Crippen MR) is 104 cm³/mol. The van der Waals surface area contributed by atoms with Crippen molar-refractivity contribution in [1.29, 1.82) is 0 Å². The maximum absolute atomic E-state index is 13.2. The molecule has 29 heavy (non-hydrogen) atoms. The summed E-state index contributed by atoms with van der Waals surface area (Å²) in [7, 11) is 0. The zero-order valence-corrected chi connectivity index (χ0v) is 17.8. The van der Waals surface area contributed by atoms with Gasteiger partial charge in [0, 0.05) is 6.42 Å². The highest BCUT2D eigenvalue weighted by Crippen LogP contribution is 2.49. The summed E-state index contributed by atoms with van der Waals surface area (Å²) in [6.45, 7) is 10.8. The first-order valence-corrected chi connectivity index (χ1v) is 9.49. The monoisotopic (exact) mass is 410 g/mol. The minimum absolute atomic E-state index is 0.0989. The molecule has 8 nitrogen and oxygen atoms in total. The molecule has 0 fully saturated rings. The fraction of sp³-hybridized carbons (Fsp3) is 0.619. The van der Waals surface area contributed by atoms with Crippen LogP contribution in [0.25, 0.3) is 0 Å². The van der Waals surface area contributed by atoms with Crippen LogP contribution in [0.15, 0.2) is 12.7 Å². The highest BCUT2D eigenvalue weighted by atomic mass is 16.6. The zero-order chi connectivity index (χ0) is 22.5. The van der Waals surface area contributed by atoms with Crippen LogP contribution < -0.4 is 0 Å². The molecule has 0 bridgehead atoms. The van der Waals surface area contributed by atoms with E-state index in [1.54, 1.807) is 0 Å². The van der Waals surface area contributed by atoms with Crippen LogP contribution in [0.3, 0.4) is 0 Å². The van der Waals surface area contributed by atoms with Crippen molar-refractivity contribution in [3.05, 3.63) is 12.7 Å². The van der Waals surface area contributed by atoms with Gasteiger partial charge in [0.2, 0.25) is 5.41 Å². The molecule has 0 aliphatic rings. The fourth-order valence-corrected chi connectivity index (χ4v) is 2.95. The maximum Gasteiger partial charge on any atom is 0.326 e. The molecule has 0 aromatic rings.